The normalized spacial score (nSPS) is 16.0. The predicted octanol–water partition coefficient (Wildman–Crippen LogP) is 3.50. The first-order chi connectivity index (χ1) is 12.5. The number of nitrogens with zero attached hydrogens (tertiary/aromatic N) is 1. The first-order valence-electron chi connectivity index (χ1n) is 8.31. The van der Waals surface area contributed by atoms with Crippen molar-refractivity contribution < 1.29 is 23.1 Å². The van der Waals surface area contributed by atoms with Gasteiger partial charge in [0, 0.05) is 24.7 Å². The first-order valence-corrected chi connectivity index (χ1v) is 8.31. The molecule has 0 saturated carbocycles. The van der Waals surface area contributed by atoms with Crippen LogP contribution in [-0.4, -0.2) is 24.5 Å². The molecule has 1 unspecified atom stereocenters. The number of carbonyl (C=O) groups excluding carboxylic acids is 2. The highest BCUT2D eigenvalue weighted by Gasteiger charge is 2.33. The number of carbonyl (C=O) groups is 2. The molecule has 1 heterocycles. The van der Waals surface area contributed by atoms with Crippen LogP contribution >= 0.6 is 0 Å². The molecule has 2 aromatic rings. The molecule has 0 bridgehead atoms. The molecule has 0 radical (unpaired) electrons. The van der Waals surface area contributed by atoms with E-state index < -0.39 is 23.6 Å². The minimum Gasteiger partial charge on any atom is -0.478 e. The van der Waals surface area contributed by atoms with E-state index in [1.807, 2.05) is 13.0 Å². The fraction of sp³-hybridized carbons (Fsp3) is 0.263. The molecule has 1 N–H and O–H groups in total. The van der Waals surface area contributed by atoms with E-state index >= 15 is 0 Å². The van der Waals surface area contributed by atoms with Crippen LogP contribution < -0.4 is 15.0 Å². The zero-order chi connectivity index (χ0) is 18.7. The molecule has 0 fully saturated rings. The van der Waals surface area contributed by atoms with Crippen molar-refractivity contribution in [1.29, 1.82) is 0 Å². The Labute approximate surface area is 149 Å². The number of hydrogen-bond donors (Lipinski definition) is 1. The molecular weight excluding hydrogens is 342 g/mol. The van der Waals surface area contributed by atoms with E-state index in [1.165, 1.54) is 11.0 Å². The van der Waals surface area contributed by atoms with Gasteiger partial charge in [-0.15, -0.1) is 0 Å². The third-order valence-electron chi connectivity index (χ3n) is 4.10. The van der Waals surface area contributed by atoms with Gasteiger partial charge in [-0.1, -0.05) is 19.1 Å². The number of nitrogens with one attached hydrogen (secondary N) is 1. The number of rotatable bonds is 5. The lowest BCUT2D eigenvalue weighted by atomic mass is 10.1. The third-order valence-corrected chi connectivity index (χ3v) is 4.10. The molecule has 0 aromatic heterocycles. The maximum atomic E-state index is 13.2. The molecule has 2 amide bonds. The summed E-state index contributed by atoms with van der Waals surface area (Å²) in [4.78, 5) is 26.2. The van der Waals surface area contributed by atoms with Crippen LogP contribution in [0.15, 0.2) is 42.5 Å². The van der Waals surface area contributed by atoms with Crippen LogP contribution in [0.3, 0.4) is 0 Å². The second-order valence-electron chi connectivity index (χ2n) is 5.90. The van der Waals surface area contributed by atoms with Gasteiger partial charge in [0.05, 0.1) is 5.69 Å². The standard InChI is InChI=1S/C19H18F2N2O3/c1-2-16-19(25)23(15-5-3-4-6-17(15)26-16)10-9-18(24)22-12-7-8-13(20)14(21)11-12/h3-8,11,16H,2,9-10H2,1H3,(H,22,24). The summed E-state index contributed by atoms with van der Waals surface area (Å²) in [7, 11) is 0. The monoisotopic (exact) mass is 360 g/mol. The second-order valence-corrected chi connectivity index (χ2v) is 5.90. The highest BCUT2D eigenvalue weighted by molar-refractivity contribution is 6.01. The van der Waals surface area contributed by atoms with E-state index in [0.29, 0.717) is 17.9 Å². The van der Waals surface area contributed by atoms with E-state index in [1.54, 1.807) is 18.2 Å². The molecule has 0 saturated heterocycles. The fourth-order valence-corrected chi connectivity index (χ4v) is 2.78. The van der Waals surface area contributed by atoms with Crippen molar-refractivity contribution in [3.05, 3.63) is 54.1 Å². The Morgan fingerprint density at radius 3 is 2.69 bits per heavy atom. The van der Waals surface area contributed by atoms with Crippen LogP contribution in [-0.2, 0) is 9.59 Å². The molecule has 5 nitrogen and oxygen atoms in total. The van der Waals surface area contributed by atoms with Crippen molar-refractivity contribution >= 4 is 23.2 Å². The number of amides is 2. The molecule has 3 rings (SSSR count). The third kappa shape index (κ3) is 3.66. The van der Waals surface area contributed by atoms with Crippen LogP contribution in [0.4, 0.5) is 20.2 Å². The van der Waals surface area contributed by atoms with Gasteiger partial charge in [0.15, 0.2) is 17.7 Å². The molecule has 7 heteroatoms. The van der Waals surface area contributed by atoms with Gasteiger partial charge in [-0.25, -0.2) is 8.78 Å². The summed E-state index contributed by atoms with van der Waals surface area (Å²) >= 11 is 0. The van der Waals surface area contributed by atoms with Gasteiger partial charge in [-0.2, -0.15) is 0 Å². The van der Waals surface area contributed by atoms with Gasteiger partial charge in [0.2, 0.25) is 5.91 Å². The first kappa shape index (κ1) is 17.8. The summed E-state index contributed by atoms with van der Waals surface area (Å²) < 4.78 is 31.8. The Balaban J connectivity index is 1.68. The predicted molar refractivity (Wildman–Crippen MR) is 93.1 cm³/mol. The van der Waals surface area contributed by atoms with Crippen molar-refractivity contribution in [3.63, 3.8) is 0 Å². The number of para-hydroxylation sites is 2. The average molecular weight is 360 g/mol. The van der Waals surface area contributed by atoms with Crippen LogP contribution in [0.5, 0.6) is 5.75 Å². The lowest BCUT2D eigenvalue weighted by Crippen LogP contribution is -2.46. The van der Waals surface area contributed by atoms with Gasteiger partial charge in [-0.3, -0.25) is 9.59 Å². The molecule has 1 aliphatic heterocycles. The highest BCUT2D eigenvalue weighted by atomic mass is 19.2. The van der Waals surface area contributed by atoms with Crippen molar-refractivity contribution in [3.8, 4) is 5.75 Å². The Bertz CT molecular complexity index is 841. The van der Waals surface area contributed by atoms with Crippen molar-refractivity contribution in [2.75, 3.05) is 16.8 Å². The summed E-state index contributed by atoms with van der Waals surface area (Å²) in [5.74, 6) is -2.03. The SMILES string of the molecule is CCC1Oc2ccccc2N(CCC(=O)Nc2ccc(F)c(F)c2)C1=O. The van der Waals surface area contributed by atoms with Gasteiger partial charge in [0.25, 0.3) is 5.91 Å². The van der Waals surface area contributed by atoms with Gasteiger partial charge in [-0.05, 0) is 30.7 Å². The van der Waals surface area contributed by atoms with E-state index in [-0.39, 0.29) is 24.6 Å². The molecule has 1 aliphatic rings. The quantitative estimate of drug-likeness (QED) is 0.888. The Morgan fingerprint density at radius 2 is 1.96 bits per heavy atom. The van der Waals surface area contributed by atoms with Crippen LogP contribution in [0.25, 0.3) is 0 Å². The van der Waals surface area contributed by atoms with Gasteiger partial charge >= 0.3 is 0 Å². The van der Waals surface area contributed by atoms with Crippen molar-refractivity contribution in [2.24, 2.45) is 0 Å². The minimum absolute atomic E-state index is 0.00943. The number of halogens is 2. The average Bonchev–Trinajstić information content (AvgIpc) is 2.63. The van der Waals surface area contributed by atoms with Crippen LogP contribution in [0, 0.1) is 11.6 Å². The van der Waals surface area contributed by atoms with Gasteiger partial charge in [0.1, 0.15) is 5.75 Å². The topological polar surface area (TPSA) is 58.6 Å². The largest absolute Gasteiger partial charge is 0.478 e. The molecule has 136 valence electrons. The molecule has 0 aliphatic carbocycles. The maximum Gasteiger partial charge on any atom is 0.268 e. The lowest BCUT2D eigenvalue weighted by Gasteiger charge is -2.33. The number of hydrogen-bond acceptors (Lipinski definition) is 3. The Hall–Kier alpha value is -2.96. The van der Waals surface area contributed by atoms with Gasteiger partial charge < -0.3 is 15.0 Å². The van der Waals surface area contributed by atoms with E-state index in [4.69, 9.17) is 4.74 Å². The molecule has 1 atom stereocenters. The van der Waals surface area contributed by atoms with E-state index in [2.05, 4.69) is 5.32 Å². The van der Waals surface area contributed by atoms with Crippen molar-refractivity contribution in [1.82, 2.24) is 0 Å². The van der Waals surface area contributed by atoms with E-state index in [9.17, 15) is 18.4 Å². The summed E-state index contributed by atoms with van der Waals surface area (Å²) in [6.07, 6.45) is -0.0561. The summed E-state index contributed by atoms with van der Waals surface area (Å²) in [6, 6.07) is 10.3. The van der Waals surface area contributed by atoms with Crippen LogP contribution in [0.1, 0.15) is 19.8 Å². The maximum absolute atomic E-state index is 13.2. The minimum atomic E-state index is -1.04. The van der Waals surface area contributed by atoms with Crippen LogP contribution in [0.2, 0.25) is 0 Å². The summed E-state index contributed by atoms with van der Waals surface area (Å²) in [5.41, 5.74) is 0.775. The Morgan fingerprint density at radius 1 is 1.19 bits per heavy atom. The highest BCUT2D eigenvalue weighted by Crippen LogP contribution is 2.34. The smallest absolute Gasteiger partial charge is 0.268 e. The molecular formula is C19H18F2N2O3. The lowest BCUT2D eigenvalue weighted by molar-refractivity contribution is -0.126. The number of fused-ring (bicyclic) bond motifs is 1. The fourth-order valence-electron chi connectivity index (χ4n) is 2.78. The second kappa shape index (κ2) is 7.51. The Kier molecular flexibility index (Phi) is 5.16. The molecule has 26 heavy (non-hydrogen) atoms. The molecule has 0 spiro atoms. The molecule has 2 aromatic carbocycles. The van der Waals surface area contributed by atoms with E-state index in [0.717, 1.165) is 12.1 Å². The number of anilines is 2. The summed E-state index contributed by atoms with van der Waals surface area (Å²) in [5, 5.41) is 2.50. The summed E-state index contributed by atoms with van der Waals surface area (Å²) in [6.45, 7) is 2.01. The number of ether oxygens (including phenoxy) is 1. The number of benzene rings is 2. The zero-order valence-corrected chi connectivity index (χ0v) is 14.2. The van der Waals surface area contributed by atoms with Crippen molar-refractivity contribution in [2.45, 2.75) is 25.9 Å². The zero-order valence-electron chi connectivity index (χ0n) is 14.2.